The normalized spacial score (nSPS) is 11.5. The summed E-state index contributed by atoms with van der Waals surface area (Å²) in [4.78, 5) is 10.6. The van der Waals surface area contributed by atoms with Crippen LogP contribution >= 0.6 is 0 Å². The van der Waals surface area contributed by atoms with Crippen molar-refractivity contribution < 1.29 is 9.90 Å². The minimum atomic E-state index is -0.871. The Bertz CT molecular complexity index is 369. The van der Waals surface area contributed by atoms with E-state index in [4.69, 9.17) is 5.11 Å². The number of carbonyl (C=O) groups is 1. The number of carboxylic acid groups (broad SMARTS) is 1. The zero-order valence-corrected chi connectivity index (χ0v) is 8.66. The molecule has 0 aromatic heterocycles. The van der Waals surface area contributed by atoms with Crippen molar-refractivity contribution in [1.82, 2.24) is 0 Å². The molecule has 0 spiro atoms. The van der Waals surface area contributed by atoms with Crippen LogP contribution in [0.25, 0.3) is 6.08 Å². The van der Waals surface area contributed by atoms with Gasteiger partial charge >= 0.3 is 5.97 Å². The molecule has 0 bridgehead atoms. The van der Waals surface area contributed by atoms with E-state index >= 15 is 0 Å². The third kappa shape index (κ3) is 2.73. The first-order chi connectivity index (χ1) is 6.49. The van der Waals surface area contributed by atoms with Gasteiger partial charge in [0.05, 0.1) is 0 Å². The SMILES string of the molecule is CC(=Cc1cc(C)cc(C)c1)C(=O)O. The van der Waals surface area contributed by atoms with E-state index in [2.05, 4.69) is 6.07 Å². The van der Waals surface area contributed by atoms with Crippen LogP contribution in [0.5, 0.6) is 0 Å². The Labute approximate surface area is 83.9 Å². The third-order valence-corrected chi connectivity index (χ3v) is 1.96. The summed E-state index contributed by atoms with van der Waals surface area (Å²) in [5.41, 5.74) is 3.60. The van der Waals surface area contributed by atoms with Gasteiger partial charge in [0.1, 0.15) is 0 Å². The largest absolute Gasteiger partial charge is 0.478 e. The van der Waals surface area contributed by atoms with Crippen molar-refractivity contribution in [2.24, 2.45) is 0 Å². The molecule has 0 saturated carbocycles. The fraction of sp³-hybridized carbons (Fsp3) is 0.250. The molecule has 0 aliphatic carbocycles. The fourth-order valence-electron chi connectivity index (χ4n) is 1.40. The molecule has 0 saturated heterocycles. The minimum Gasteiger partial charge on any atom is -0.478 e. The van der Waals surface area contributed by atoms with Gasteiger partial charge in [0.25, 0.3) is 0 Å². The average molecular weight is 190 g/mol. The zero-order chi connectivity index (χ0) is 10.7. The summed E-state index contributed by atoms with van der Waals surface area (Å²) in [6.45, 7) is 5.60. The summed E-state index contributed by atoms with van der Waals surface area (Å²) >= 11 is 0. The predicted molar refractivity (Wildman–Crippen MR) is 57.2 cm³/mol. The van der Waals surface area contributed by atoms with Gasteiger partial charge < -0.3 is 5.11 Å². The van der Waals surface area contributed by atoms with Gasteiger partial charge in [-0.2, -0.15) is 0 Å². The Kier molecular flexibility index (Phi) is 3.07. The predicted octanol–water partition coefficient (Wildman–Crippen LogP) is 2.79. The van der Waals surface area contributed by atoms with Gasteiger partial charge in [0, 0.05) is 5.57 Å². The molecule has 1 rings (SSSR count). The highest BCUT2D eigenvalue weighted by atomic mass is 16.4. The Morgan fingerprint density at radius 3 is 2.14 bits per heavy atom. The van der Waals surface area contributed by atoms with Crippen LogP contribution in [0.3, 0.4) is 0 Å². The van der Waals surface area contributed by atoms with E-state index in [1.807, 2.05) is 26.0 Å². The molecule has 0 radical (unpaired) electrons. The molecule has 1 aromatic carbocycles. The smallest absolute Gasteiger partial charge is 0.331 e. The molecule has 74 valence electrons. The van der Waals surface area contributed by atoms with Crippen LogP contribution in [-0.4, -0.2) is 11.1 Å². The second-order valence-corrected chi connectivity index (χ2v) is 3.55. The Balaban J connectivity index is 3.08. The molecule has 0 heterocycles. The van der Waals surface area contributed by atoms with Crippen LogP contribution < -0.4 is 0 Å². The lowest BCUT2D eigenvalue weighted by Gasteiger charge is -2.00. The van der Waals surface area contributed by atoms with E-state index in [0.29, 0.717) is 5.57 Å². The van der Waals surface area contributed by atoms with Crippen molar-refractivity contribution in [3.8, 4) is 0 Å². The Morgan fingerprint density at radius 1 is 1.21 bits per heavy atom. The third-order valence-electron chi connectivity index (χ3n) is 1.96. The first-order valence-corrected chi connectivity index (χ1v) is 4.49. The molecule has 0 fully saturated rings. The van der Waals surface area contributed by atoms with Crippen molar-refractivity contribution >= 4 is 12.0 Å². The van der Waals surface area contributed by atoms with Gasteiger partial charge in [-0.15, -0.1) is 0 Å². The molecule has 0 atom stereocenters. The molecule has 0 aliphatic rings. The van der Waals surface area contributed by atoms with E-state index in [0.717, 1.165) is 16.7 Å². The summed E-state index contributed by atoms with van der Waals surface area (Å²) in [5.74, 6) is -0.871. The first kappa shape index (κ1) is 10.5. The topological polar surface area (TPSA) is 37.3 Å². The van der Waals surface area contributed by atoms with Crippen LogP contribution in [0.4, 0.5) is 0 Å². The van der Waals surface area contributed by atoms with Crippen LogP contribution in [0.2, 0.25) is 0 Å². The van der Waals surface area contributed by atoms with Crippen LogP contribution in [0.15, 0.2) is 23.8 Å². The van der Waals surface area contributed by atoms with Gasteiger partial charge in [-0.25, -0.2) is 4.79 Å². The molecule has 14 heavy (non-hydrogen) atoms. The maximum Gasteiger partial charge on any atom is 0.331 e. The van der Waals surface area contributed by atoms with Crippen molar-refractivity contribution in [2.75, 3.05) is 0 Å². The number of hydrogen-bond donors (Lipinski definition) is 1. The Hall–Kier alpha value is -1.57. The molecular weight excluding hydrogens is 176 g/mol. The van der Waals surface area contributed by atoms with Gasteiger partial charge in [-0.3, -0.25) is 0 Å². The van der Waals surface area contributed by atoms with Crippen LogP contribution in [0, 0.1) is 13.8 Å². The number of carboxylic acids is 1. The number of hydrogen-bond acceptors (Lipinski definition) is 1. The summed E-state index contributed by atoms with van der Waals surface area (Å²) in [5, 5.41) is 8.71. The standard InChI is InChI=1S/C12H14O2/c1-8-4-9(2)6-11(5-8)7-10(3)12(13)14/h4-7H,1-3H3,(H,13,14). The van der Waals surface area contributed by atoms with Crippen molar-refractivity contribution in [1.29, 1.82) is 0 Å². The number of aryl methyl sites for hydroxylation is 2. The fourth-order valence-corrected chi connectivity index (χ4v) is 1.40. The summed E-state index contributed by atoms with van der Waals surface area (Å²) in [7, 11) is 0. The van der Waals surface area contributed by atoms with Gasteiger partial charge in [-0.05, 0) is 32.4 Å². The molecule has 1 aromatic rings. The molecular formula is C12H14O2. The Morgan fingerprint density at radius 2 is 1.71 bits per heavy atom. The minimum absolute atomic E-state index is 0.356. The zero-order valence-electron chi connectivity index (χ0n) is 8.66. The van der Waals surface area contributed by atoms with Gasteiger partial charge in [0.2, 0.25) is 0 Å². The molecule has 2 heteroatoms. The lowest BCUT2D eigenvalue weighted by Crippen LogP contribution is -1.95. The van der Waals surface area contributed by atoms with E-state index < -0.39 is 5.97 Å². The summed E-state index contributed by atoms with van der Waals surface area (Å²) < 4.78 is 0. The van der Waals surface area contributed by atoms with E-state index in [1.54, 1.807) is 13.0 Å². The quantitative estimate of drug-likeness (QED) is 0.728. The maximum absolute atomic E-state index is 10.6. The second-order valence-electron chi connectivity index (χ2n) is 3.55. The lowest BCUT2D eigenvalue weighted by molar-refractivity contribution is -0.132. The van der Waals surface area contributed by atoms with E-state index in [9.17, 15) is 4.79 Å². The average Bonchev–Trinajstić information content (AvgIpc) is 2.01. The maximum atomic E-state index is 10.6. The molecule has 0 aliphatic heterocycles. The molecule has 0 amide bonds. The van der Waals surface area contributed by atoms with Gasteiger partial charge in [-0.1, -0.05) is 29.3 Å². The summed E-state index contributed by atoms with van der Waals surface area (Å²) in [6.07, 6.45) is 1.68. The summed E-state index contributed by atoms with van der Waals surface area (Å²) in [6, 6.07) is 6.01. The second kappa shape index (κ2) is 4.09. The van der Waals surface area contributed by atoms with E-state index in [-0.39, 0.29) is 0 Å². The van der Waals surface area contributed by atoms with Crippen LogP contribution in [-0.2, 0) is 4.79 Å². The number of benzene rings is 1. The van der Waals surface area contributed by atoms with Gasteiger partial charge in [0.15, 0.2) is 0 Å². The lowest BCUT2D eigenvalue weighted by atomic mass is 10.1. The van der Waals surface area contributed by atoms with Crippen LogP contribution in [0.1, 0.15) is 23.6 Å². The number of rotatable bonds is 2. The molecule has 2 nitrogen and oxygen atoms in total. The highest BCUT2D eigenvalue weighted by molar-refractivity contribution is 5.91. The molecule has 0 unspecified atom stereocenters. The highest BCUT2D eigenvalue weighted by Gasteiger charge is 2.00. The monoisotopic (exact) mass is 190 g/mol. The first-order valence-electron chi connectivity index (χ1n) is 4.49. The molecule has 1 N–H and O–H groups in total. The van der Waals surface area contributed by atoms with Crippen molar-refractivity contribution in [2.45, 2.75) is 20.8 Å². The van der Waals surface area contributed by atoms with Crippen molar-refractivity contribution in [3.63, 3.8) is 0 Å². The highest BCUT2D eigenvalue weighted by Crippen LogP contribution is 2.12. The van der Waals surface area contributed by atoms with Crippen molar-refractivity contribution in [3.05, 3.63) is 40.5 Å². The van der Waals surface area contributed by atoms with E-state index in [1.165, 1.54) is 0 Å². The number of aliphatic carboxylic acids is 1.